The molecule has 19 heavy (non-hydrogen) atoms. The van der Waals surface area contributed by atoms with Crippen molar-refractivity contribution in [1.29, 1.82) is 0 Å². The SMILES string of the molecule is COc1cccc(COCc2cccc(N)c2C)c1. The predicted molar refractivity (Wildman–Crippen MR) is 77.1 cm³/mol. The van der Waals surface area contributed by atoms with Gasteiger partial charge in [-0.25, -0.2) is 0 Å². The Labute approximate surface area is 114 Å². The van der Waals surface area contributed by atoms with Crippen molar-refractivity contribution in [1.82, 2.24) is 0 Å². The molecule has 2 aromatic rings. The quantitative estimate of drug-likeness (QED) is 0.836. The van der Waals surface area contributed by atoms with Crippen molar-refractivity contribution in [2.24, 2.45) is 0 Å². The highest BCUT2D eigenvalue weighted by atomic mass is 16.5. The largest absolute Gasteiger partial charge is 0.497 e. The monoisotopic (exact) mass is 257 g/mol. The molecule has 0 aliphatic carbocycles. The summed E-state index contributed by atoms with van der Waals surface area (Å²) in [6.07, 6.45) is 0. The van der Waals surface area contributed by atoms with E-state index >= 15 is 0 Å². The molecule has 0 aliphatic heterocycles. The van der Waals surface area contributed by atoms with Crippen molar-refractivity contribution in [3.63, 3.8) is 0 Å². The smallest absolute Gasteiger partial charge is 0.119 e. The molecule has 0 heterocycles. The van der Waals surface area contributed by atoms with Crippen LogP contribution in [0, 0.1) is 6.92 Å². The van der Waals surface area contributed by atoms with E-state index in [9.17, 15) is 0 Å². The summed E-state index contributed by atoms with van der Waals surface area (Å²) in [5.41, 5.74) is 9.99. The van der Waals surface area contributed by atoms with E-state index in [1.807, 2.05) is 49.4 Å². The number of nitrogen functional groups attached to an aromatic ring is 1. The third-order valence-electron chi connectivity index (χ3n) is 3.15. The van der Waals surface area contributed by atoms with Crippen molar-refractivity contribution in [3.05, 3.63) is 59.2 Å². The minimum atomic E-state index is 0.561. The maximum Gasteiger partial charge on any atom is 0.119 e. The first-order valence-electron chi connectivity index (χ1n) is 6.25. The fourth-order valence-electron chi connectivity index (χ4n) is 1.90. The Morgan fingerprint density at radius 3 is 2.63 bits per heavy atom. The summed E-state index contributed by atoms with van der Waals surface area (Å²) in [7, 11) is 1.66. The topological polar surface area (TPSA) is 44.5 Å². The van der Waals surface area contributed by atoms with Crippen LogP contribution in [0.4, 0.5) is 5.69 Å². The molecule has 0 spiro atoms. The summed E-state index contributed by atoms with van der Waals surface area (Å²) < 4.78 is 10.9. The van der Waals surface area contributed by atoms with Gasteiger partial charge in [-0.05, 0) is 41.8 Å². The van der Waals surface area contributed by atoms with Gasteiger partial charge >= 0.3 is 0 Å². The summed E-state index contributed by atoms with van der Waals surface area (Å²) in [6, 6.07) is 13.8. The molecular weight excluding hydrogens is 238 g/mol. The molecule has 0 aliphatic rings. The molecule has 3 nitrogen and oxygen atoms in total. The first-order chi connectivity index (χ1) is 9.20. The number of methoxy groups -OCH3 is 1. The van der Waals surface area contributed by atoms with Crippen LogP contribution in [-0.4, -0.2) is 7.11 Å². The lowest BCUT2D eigenvalue weighted by atomic mass is 10.1. The van der Waals surface area contributed by atoms with Gasteiger partial charge in [0.05, 0.1) is 20.3 Å². The number of anilines is 1. The normalized spacial score (nSPS) is 10.4. The van der Waals surface area contributed by atoms with E-state index in [-0.39, 0.29) is 0 Å². The average Bonchev–Trinajstić information content (AvgIpc) is 2.44. The minimum Gasteiger partial charge on any atom is -0.497 e. The van der Waals surface area contributed by atoms with Gasteiger partial charge in [-0.1, -0.05) is 24.3 Å². The summed E-state index contributed by atoms with van der Waals surface area (Å²) in [6.45, 7) is 3.14. The van der Waals surface area contributed by atoms with E-state index in [1.54, 1.807) is 7.11 Å². The van der Waals surface area contributed by atoms with Crippen LogP contribution >= 0.6 is 0 Å². The lowest BCUT2D eigenvalue weighted by molar-refractivity contribution is 0.106. The lowest BCUT2D eigenvalue weighted by Crippen LogP contribution is -1.99. The number of benzene rings is 2. The second-order valence-electron chi connectivity index (χ2n) is 4.48. The zero-order chi connectivity index (χ0) is 13.7. The van der Waals surface area contributed by atoms with Crippen molar-refractivity contribution in [2.45, 2.75) is 20.1 Å². The molecule has 0 unspecified atom stereocenters. The van der Waals surface area contributed by atoms with Gasteiger partial charge in [0.15, 0.2) is 0 Å². The van der Waals surface area contributed by atoms with E-state index in [1.165, 1.54) is 0 Å². The highest BCUT2D eigenvalue weighted by Gasteiger charge is 2.02. The Morgan fingerprint density at radius 2 is 1.84 bits per heavy atom. The molecule has 0 amide bonds. The molecule has 3 heteroatoms. The van der Waals surface area contributed by atoms with Crippen LogP contribution in [0.1, 0.15) is 16.7 Å². The van der Waals surface area contributed by atoms with Gasteiger partial charge in [0.2, 0.25) is 0 Å². The number of hydrogen-bond acceptors (Lipinski definition) is 3. The Kier molecular flexibility index (Phi) is 4.42. The Balaban J connectivity index is 1.94. The standard InChI is InChI=1S/C16H19NO2/c1-12-14(6-4-8-16(12)17)11-19-10-13-5-3-7-15(9-13)18-2/h3-9H,10-11,17H2,1-2H3. The molecule has 100 valence electrons. The van der Waals surface area contributed by atoms with Crippen LogP contribution in [0.5, 0.6) is 5.75 Å². The molecule has 0 radical (unpaired) electrons. The molecule has 0 saturated heterocycles. The van der Waals surface area contributed by atoms with Crippen LogP contribution in [0.3, 0.4) is 0 Å². The average molecular weight is 257 g/mol. The molecule has 2 aromatic carbocycles. The van der Waals surface area contributed by atoms with Gasteiger partial charge in [-0.3, -0.25) is 0 Å². The second kappa shape index (κ2) is 6.25. The maximum absolute atomic E-state index is 5.87. The van der Waals surface area contributed by atoms with Crippen LogP contribution in [-0.2, 0) is 18.0 Å². The molecule has 0 aromatic heterocycles. The van der Waals surface area contributed by atoms with Gasteiger partial charge in [0.25, 0.3) is 0 Å². The van der Waals surface area contributed by atoms with Crippen LogP contribution in [0.15, 0.2) is 42.5 Å². The fraction of sp³-hybridized carbons (Fsp3) is 0.250. The zero-order valence-electron chi connectivity index (χ0n) is 11.3. The number of rotatable bonds is 5. The van der Waals surface area contributed by atoms with Gasteiger partial charge in [-0.2, -0.15) is 0 Å². The summed E-state index contributed by atoms with van der Waals surface area (Å²) in [5.74, 6) is 0.848. The number of hydrogen-bond donors (Lipinski definition) is 1. The molecule has 0 bridgehead atoms. The van der Waals surface area contributed by atoms with Gasteiger partial charge < -0.3 is 15.2 Å². The molecule has 2 N–H and O–H groups in total. The van der Waals surface area contributed by atoms with Crippen molar-refractivity contribution < 1.29 is 9.47 Å². The van der Waals surface area contributed by atoms with Crippen LogP contribution in [0.25, 0.3) is 0 Å². The summed E-state index contributed by atoms with van der Waals surface area (Å²) in [5, 5.41) is 0. The van der Waals surface area contributed by atoms with Crippen LogP contribution < -0.4 is 10.5 Å². The fourth-order valence-corrected chi connectivity index (χ4v) is 1.90. The van der Waals surface area contributed by atoms with Gasteiger partial charge in [0, 0.05) is 5.69 Å². The number of ether oxygens (including phenoxy) is 2. The van der Waals surface area contributed by atoms with E-state index in [0.29, 0.717) is 13.2 Å². The Bertz CT molecular complexity index is 552. The molecule has 0 atom stereocenters. The predicted octanol–water partition coefficient (Wildman–Crippen LogP) is 3.30. The Hall–Kier alpha value is -2.00. The molecule has 0 fully saturated rings. The van der Waals surface area contributed by atoms with Crippen LogP contribution in [0.2, 0.25) is 0 Å². The van der Waals surface area contributed by atoms with E-state index in [4.69, 9.17) is 15.2 Å². The highest BCUT2D eigenvalue weighted by Crippen LogP contribution is 2.18. The maximum atomic E-state index is 5.87. The van der Waals surface area contributed by atoms with Gasteiger partial charge in [-0.15, -0.1) is 0 Å². The van der Waals surface area contributed by atoms with Gasteiger partial charge in [0.1, 0.15) is 5.75 Å². The van der Waals surface area contributed by atoms with Crippen molar-refractivity contribution in [3.8, 4) is 5.75 Å². The first kappa shape index (κ1) is 13.4. The third kappa shape index (κ3) is 3.48. The van der Waals surface area contributed by atoms with E-state index in [0.717, 1.165) is 28.1 Å². The molecule has 0 saturated carbocycles. The molecular formula is C16H19NO2. The highest BCUT2D eigenvalue weighted by molar-refractivity contribution is 5.49. The van der Waals surface area contributed by atoms with E-state index < -0.39 is 0 Å². The zero-order valence-corrected chi connectivity index (χ0v) is 11.3. The summed E-state index contributed by atoms with van der Waals surface area (Å²) >= 11 is 0. The minimum absolute atomic E-state index is 0.561. The van der Waals surface area contributed by atoms with E-state index in [2.05, 4.69) is 0 Å². The summed E-state index contributed by atoms with van der Waals surface area (Å²) in [4.78, 5) is 0. The lowest BCUT2D eigenvalue weighted by Gasteiger charge is -2.09. The van der Waals surface area contributed by atoms with Crippen molar-refractivity contribution >= 4 is 5.69 Å². The molecule has 2 rings (SSSR count). The third-order valence-corrected chi connectivity index (χ3v) is 3.15. The first-order valence-corrected chi connectivity index (χ1v) is 6.25. The second-order valence-corrected chi connectivity index (χ2v) is 4.48. The Morgan fingerprint density at radius 1 is 1.05 bits per heavy atom. The number of nitrogens with two attached hydrogens (primary N) is 1. The van der Waals surface area contributed by atoms with Crippen molar-refractivity contribution in [2.75, 3.05) is 12.8 Å².